The number of nitrogens with two attached hydrogens (primary N) is 1. The van der Waals surface area contributed by atoms with Gasteiger partial charge in [-0.05, 0) is 22.0 Å². The normalized spacial score (nSPS) is 10.4. The second-order valence-electron chi connectivity index (χ2n) is 2.19. The van der Waals surface area contributed by atoms with Crippen LogP contribution in [0.4, 0.5) is 6.01 Å². The molecular formula is C7H5BrN2OS. The Bertz CT molecular complexity index is 357. The van der Waals surface area contributed by atoms with Gasteiger partial charge in [0.05, 0.1) is 11.1 Å². The summed E-state index contributed by atoms with van der Waals surface area (Å²) in [6.07, 6.45) is 1.62. The van der Waals surface area contributed by atoms with Crippen molar-refractivity contribution in [3.63, 3.8) is 0 Å². The van der Waals surface area contributed by atoms with E-state index in [1.165, 1.54) is 0 Å². The number of nitrogens with zero attached hydrogens (tertiary/aromatic N) is 1. The fraction of sp³-hybridized carbons (Fsp3) is 0. The van der Waals surface area contributed by atoms with Crippen molar-refractivity contribution in [3.8, 4) is 10.6 Å². The summed E-state index contributed by atoms with van der Waals surface area (Å²) in [6.45, 7) is 0. The smallest absolute Gasteiger partial charge is 0.292 e. The van der Waals surface area contributed by atoms with Crippen LogP contribution in [0.15, 0.2) is 26.5 Å². The van der Waals surface area contributed by atoms with Gasteiger partial charge in [0.1, 0.15) is 0 Å². The molecular weight excluding hydrogens is 240 g/mol. The topological polar surface area (TPSA) is 52.0 Å². The number of aromatic nitrogens is 1. The third-order valence-corrected chi connectivity index (χ3v) is 3.04. The summed E-state index contributed by atoms with van der Waals surface area (Å²) >= 11 is 4.93. The summed E-state index contributed by atoms with van der Waals surface area (Å²) < 4.78 is 6.18. The Morgan fingerprint density at radius 1 is 1.58 bits per heavy atom. The van der Waals surface area contributed by atoms with Gasteiger partial charge < -0.3 is 10.2 Å². The van der Waals surface area contributed by atoms with Crippen molar-refractivity contribution in [3.05, 3.63) is 22.1 Å². The van der Waals surface area contributed by atoms with Crippen LogP contribution in [0.5, 0.6) is 0 Å². The molecule has 2 heterocycles. The molecule has 2 aromatic heterocycles. The number of anilines is 1. The van der Waals surface area contributed by atoms with Crippen molar-refractivity contribution in [1.82, 2.24) is 4.98 Å². The number of rotatable bonds is 1. The third kappa shape index (κ3) is 1.37. The van der Waals surface area contributed by atoms with E-state index in [-0.39, 0.29) is 6.01 Å². The molecule has 0 saturated heterocycles. The molecule has 12 heavy (non-hydrogen) atoms. The van der Waals surface area contributed by atoms with Crippen LogP contribution in [0.1, 0.15) is 0 Å². The molecule has 62 valence electrons. The van der Waals surface area contributed by atoms with Gasteiger partial charge in [-0.3, -0.25) is 0 Å². The van der Waals surface area contributed by atoms with Crippen LogP contribution in [0.3, 0.4) is 0 Å². The highest BCUT2D eigenvalue weighted by Gasteiger charge is 2.05. The number of hydrogen-bond donors (Lipinski definition) is 1. The van der Waals surface area contributed by atoms with Gasteiger partial charge in [0.2, 0.25) is 0 Å². The van der Waals surface area contributed by atoms with Gasteiger partial charge in [-0.25, -0.2) is 4.98 Å². The number of nitrogen functional groups attached to an aromatic ring is 1. The number of hydrogen-bond acceptors (Lipinski definition) is 4. The molecule has 2 rings (SSSR count). The lowest BCUT2D eigenvalue weighted by Crippen LogP contribution is -1.79. The SMILES string of the molecule is Nc1ncc(-c2cc(Br)cs2)o1. The monoisotopic (exact) mass is 244 g/mol. The minimum Gasteiger partial charge on any atom is -0.423 e. The maximum absolute atomic E-state index is 5.34. The molecule has 5 heteroatoms. The minimum atomic E-state index is 0.203. The quantitative estimate of drug-likeness (QED) is 0.840. The molecule has 0 atom stereocenters. The van der Waals surface area contributed by atoms with Gasteiger partial charge in [-0.15, -0.1) is 11.3 Å². The Labute approximate surface area is 81.4 Å². The van der Waals surface area contributed by atoms with E-state index in [0.29, 0.717) is 5.76 Å². The van der Waals surface area contributed by atoms with Crippen LogP contribution >= 0.6 is 27.3 Å². The van der Waals surface area contributed by atoms with E-state index in [9.17, 15) is 0 Å². The van der Waals surface area contributed by atoms with E-state index < -0.39 is 0 Å². The molecule has 0 fully saturated rings. The molecule has 0 aromatic carbocycles. The van der Waals surface area contributed by atoms with E-state index in [1.807, 2.05) is 11.4 Å². The number of thiophene rings is 1. The standard InChI is InChI=1S/C7H5BrN2OS/c8-4-1-6(12-3-4)5-2-10-7(9)11-5/h1-3H,(H2,9,10). The van der Waals surface area contributed by atoms with Gasteiger partial charge in [-0.1, -0.05) is 0 Å². The largest absolute Gasteiger partial charge is 0.423 e. The molecule has 2 aromatic rings. The first-order valence-corrected chi connectivity index (χ1v) is 4.88. The first kappa shape index (κ1) is 7.82. The van der Waals surface area contributed by atoms with E-state index in [0.717, 1.165) is 9.35 Å². The number of oxazole rings is 1. The molecule has 3 nitrogen and oxygen atoms in total. The van der Waals surface area contributed by atoms with Crippen molar-refractivity contribution in [2.24, 2.45) is 0 Å². The molecule has 0 bridgehead atoms. The van der Waals surface area contributed by atoms with E-state index in [1.54, 1.807) is 17.5 Å². The average Bonchev–Trinajstić information content (AvgIpc) is 2.58. The fourth-order valence-electron chi connectivity index (χ4n) is 0.844. The molecule has 0 aliphatic heterocycles. The van der Waals surface area contributed by atoms with Crippen molar-refractivity contribution in [2.45, 2.75) is 0 Å². The highest BCUT2D eigenvalue weighted by atomic mass is 79.9. The van der Waals surface area contributed by atoms with Crippen LogP contribution in [0.25, 0.3) is 10.6 Å². The van der Waals surface area contributed by atoms with Crippen LogP contribution in [0, 0.1) is 0 Å². The maximum Gasteiger partial charge on any atom is 0.292 e. The highest BCUT2D eigenvalue weighted by Crippen LogP contribution is 2.30. The second-order valence-corrected chi connectivity index (χ2v) is 4.02. The Hall–Kier alpha value is -0.810. The van der Waals surface area contributed by atoms with E-state index in [4.69, 9.17) is 10.2 Å². The van der Waals surface area contributed by atoms with Gasteiger partial charge in [0.25, 0.3) is 6.01 Å². The van der Waals surface area contributed by atoms with Crippen molar-refractivity contribution >= 4 is 33.3 Å². The zero-order valence-electron chi connectivity index (χ0n) is 5.95. The summed E-state index contributed by atoms with van der Waals surface area (Å²) in [6, 6.07) is 2.17. The Kier molecular flexibility index (Phi) is 1.90. The molecule has 0 radical (unpaired) electrons. The second kappa shape index (κ2) is 2.91. The lowest BCUT2D eigenvalue weighted by Gasteiger charge is -1.85. The molecule has 0 amide bonds. The van der Waals surface area contributed by atoms with Gasteiger partial charge in [-0.2, -0.15) is 0 Å². The zero-order valence-corrected chi connectivity index (χ0v) is 8.35. The fourth-order valence-corrected chi connectivity index (χ4v) is 2.22. The lowest BCUT2D eigenvalue weighted by atomic mass is 10.4. The molecule has 0 unspecified atom stereocenters. The summed E-state index contributed by atoms with van der Waals surface area (Å²) in [5, 5.41) is 1.98. The van der Waals surface area contributed by atoms with Crippen LogP contribution in [-0.4, -0.2) is 4.98 Å². The van der Waals surface area contributed by atoms with Crippen LogP contribution < -0.4 is 5.73 Å². The zero-order chi connectivity index (χ0) is 8.55. The minimum absolute atomic E-state index is 0.203. The molecule has 2 N–H and O–H groups in total. The number of halogens is 1. The third-order valence-electron chi connectivity index (χ3n) is 1.33. The molecule has 0 spiro atoms. The van der Waals surface area contributed by atoms with E-state index >= 15 is 0 Å². The highest BCUT2D eigenvalue weighted by molar-refractivity contribution is 9.10. The molecule has 0 aliphatic carbocycles. The Morgan fingerprint density at radius 2 is 2.42 bits per heavy atom. The Balaban J connectivity index is 2.43. The first-order chi connectivity index (χ1) is 5.75. The molecule has 0 saturated carbocycles. The van der Waals surface area contributed by atoms with Crippen LogP contribution in [-0.2, 0) is 0 Å². The Morgan fingerprint density at radius 3 is 2.92 bits per heavy atom. The lowest BCUT2D eigenvalue weighted by molar-refractivity contribution is 0.596. The van der Waals surface area contributed by atoms with Gasteiger partial charge in [0, 0.05) is 9.85 Å². The summed E-state index contributed by atoms with van der Waals surface area (Å²) in [7, 11) is 0. The predicted molar refractivity (Wildman–Crippen MR) is 51.9 cm³/mol. The first-order valence-electron chi connectivity index (χ1n) is 3.21. The van der Waals surface area contributed by atoms with Crippen LogP contribution in [0.2, 0.25) is 0 Å². The maximum atomic E-state index is 5.34. The molecule has 0 aliphatic rings. The van der Waals surface area contributed by atoms with Crippen molar-refractivity contribution < 1.29 is 4.42 Å². The van der Waals surface area contributed by atoms with Crippen molar-refractivity contribution in [1.29, 1.82) is 0 Å². The van der Waals surface area contributed by atoms with Crippen molar-refractivity contribution in [2.75, 3.05) is 5.73 Å². The summed E-state index contributed by atoms with van der Waals surface area (Å²) in [5.41, 5.74) is 5.34. The van der Waals surface area contributed by atoms with Gasteiger partial charge in [0.15, 0.2) is 5.76 Å². The van der Waals surface area contributed by atoms with E-state index in [2.05, 4.69) is 20.9 Å². The summed E-state index contributed by atoms with van der Waals surface area (Å²) in [4.78, 5) is 4.82. The average molecular weight is 245 g/mol. The predicted octanol–water partition coefficient (Wildman–Crippen LogP) is 2.75. The summed E-state index contributed by atoms with van der Waals surface area (Å²) in [5.74, 6) is 0.711. The van der Waals surface area contributed by atoms with Gasteiger partial charge >= 0.3 is 0 Å².